The summed E-state index contributed by atoms with van der Waals surface area (Å²) in [6, 6.07) is 4.37. The van der Waals surface area contributed by atoms with Gasteiger partial charge in [-0.2, -0.15) is 4.99 Å². The van der Waals surface area contributed by atoms with Crippen molar-refractivity contribution in [3.63, 3.8) is 0 Å². The third kappa shape index (κ3) is 2.25. The maximum Gasteiger partial charge on any atom is 0.251 e. The highest BCUT2D eigenvalue weighted by atomic mass is 32.1. The Morgan fingerprint density at radius 1 is 1.42 bits per heavy atom. The summed E-state index contributed by atoms with van der Waals surface area (Å²) in [5.74, 6) is 0.251. The van der Waals surface area contributed by atoms with Crippen LogP contribution in [-0.4, -0.2) is 10.5 Å². The lowest BCUT2D eigenvalue weighted by Gasteiger charge is -2.03. The van der Waals surface area contributed by atoms with Gasteiger partial charge in [0.05, 0.1) is 10.2 Å². The van der Waals surface area contributed by atoms with Crippen LogP contribution in [0.15, 0.2) is 17.1 Å². The topological polar surface area (TPSA) is 34.4 Å². The molecule has 1 saturated carbocycles. The number of benzene rings is 1. The molecule has 0 bridgehead atoms. The van der Waals surface area contributed by atoms with Gasteiger partial charge in [0, 0.05) is 12.5 Å². The summed E-state index contributed by atoms with van der Waals surface area (Å²) >= 11 is 1.63. The average Bonchev–Trinajstić information content (AvgIpc) is 3.13. The molecule has 4 heteroatoms. The standard InChI is InChI=1S/C15H18N2OS/c1-4-17-12-8-9(2)7-10(3)13(12)19-15(17)16-14(18)11-5-6-11/h7-8,11H,4-6H2,1-3H3. The van der Waals surface area contributed by atoms with Crippen molar-refractivity contribution < 1.29 is 4.79 Å². The first-order valence-electron chi connectivity index (χ1n) is 6.79. The first-order valence-corrected chi connectivity index (χ1v) is 7.61. The lowest BCUT2D eigenvalue weighted by molar-refractivity contribution is -0.119. The molecule has 1 fully saturated rings. The highest BCUT2D eigenvalue weighted by molar-refractivity contribution is 7.16. The number of hydrogen-bond donors (Lipinski definition) is 0. The van der Waals surface area contributed by atoms with Gasteiger partial charge in [-0.1, -0.05) is 17.4 Å². The van der Waals surface area contributed by atoms with E-state index in [0.29, 0.717) is 0 Å². The molecule has 0 unspecified atom stereocenters. The van der Waals surface area contributed by atoms with Crippen LogP contribution in [0.1, 0.15) is 30.9 Å². The SMILES string of the molecule is CCn1c(=NC(=O)C2CC2)sc2c(C)cc(C)cc21. The van der Waals surface area contributed by atoms with Crippen LogP contribution in [0.25, 0.3) is 10.2 Å². The second kappa shape index (κ2) is 4.60. The highest BCUT2D eigenvalue weighted by Gasteiger charge is 2.29. The summed E-state index contributed by atoms with van der Waals surface area (Å²) in [5, 5.41) is 0. The first-order chi connectivity index (χ1) is 9.10. The predicted molar refractivity (Wildman–Crippen MR) is 78.3 cm³/mol. The number of nitrogens with zero attached hydrogens (tertiary/aromatic N) is 2. The maximum atomic E-state index is 11.9. The maximum absolute atomic E-state index is 11.9. The molecule has 1 aliphatic rings. The number of carbonyl (C=O) groups is 1. The van der Waals surface area contributed by atoms with Crippen LogP contribution in [0.2, 0.25) is 0 Å². The Kier molecular flexibility index (Phi) is 3.05. The molecule has 0 radical (unpaired) electrons. The summed E-state index contributed by atoms with van der Waals surface area (Å²) in [6.07, 6.45) is 2.02. The largest absolute Gasteiger partial charge is 0.317 e. The van der Waals surface area contributed by atoms with Gasteiger partial charge in [-0.15, -0.1) is 0 Å². The molecule has 2 aromatic rings. The van der Waals surface area contributed by atoms with Gasteiger partial charge in [0.25, 0.3) is 5.91 Å². The predicted octanol–water partition coefficient (Wildman–Crippen LogP) is 3.18. The lowest BCUT2D eigenvalue weighted by atomic mass is 10.1. The lowest BCUT2D eigenvalue weighted by Crippen LogP contribution is -2.16. The summed E-state index contributed by atoms with van der Waals surface area (Å²) < 4.78 is 3.40. The summed E-state index contributed by atoms with van der Waals surface area (Å²) in [4.78, 5) is 17.1. The van der Waals surface area contributed by atoms with Crippen molar-refractivity contribution in [2.24, 2.45) is 10.9 Å². The number of thiazole rings is 1. The van der Waals surface area contributed by atoms with Crippen LogP contribution in [-0.2, 0) is 11.3 Å². The van der Waals surface area contributed by atoms with E-state index in [2.05, 4.69) is 42.5 Å². The quantitative estimate of drug-likeness (QED) is 0.828. The molecule has 1 amide bonds. The van der Waals surface area contributed by atoms with Crippen molar-refractivity contribution in [3.8, 4) is 0 Å². The van der Waals surface area contributed by atoms with Crippen LogP contribution in [0.5, 0.6) is 0 Å². The first kappa shape index (κ1) is 12.6. The third-order valence-corrected chi connectivity index (χ3v) is 4.79. The molecule has 0 spiro atoms. The van der Waals surface area contributed by atoms with E-state index >= 15 is 0 Å². The number of rotatable bonds is 2. The third-order valence-electron chi connectivity index (χ3n) is 3.56. The van der Waals surface area contributed by atoms with Crippen molar-refractivity contribution in [2.75, 3.05) is 0 Å². The Morgan fingerprint density at radius 3 is 2.79 bits per heavy atom. The van der Waals surface area contributed by atoms with E-state index in [4.69, 9.17) is 0 Å². The molecular weight excluding hydrogens is 256 g/mol. The zero-order valence-electron chi connectivity index (χ0n) is 11.6. The Morgan fingerprint density at radius 2 is 2.16 bits per heavy atom. The van der Waals surface area contributed by atoms with Crippen molar-refractivity contribution >= 4 is 27.5 Å². The zero-order chi connectivity index (χ0) is 13.6. The van der Waals surface area contributed by atoms with Gasteiger partial charge in [-0.25, -0.2) is 0 Å². The van der Waals surface area contributed by atoms with E-state index in [1.54, 1.807) is 11.3 Å². The van der Waals surface area contributed by atoms with Gasteiger partial charge >= 0.3 is 0 Å². The van der Waals surface area contributed by atoms with Crippen LogP contribution in [0, 0.1) is 19.8 Å². The fourth-order valence-electron chi connectivity index (χ4n) is 2.42. The average molecular weight is 274 g/mol. The molecule has 0 N–H and O–H groups in total. The molecular formula is C15H18N2OS. The van der Waals surface area contributed by atoms with E-state index in [0.717, 1.165) is 24.2 Å². The zero-order valence-corrected chi connectivity index (χ0v) is 12.4. The molecule has 19 heavy (non-hydrogen) atoms. The van der Waals surface area contributed by atoms with E-state index in [9.17, 15) is 4.79 Å². The van der Waals surface area contributed by atoms with E-state index in [1.165, 1.54) is 21.3 Å². The van der Waals surface area contributed by atoms with E-state index < -0.39 is 0 Å². The summed E-state index contributed by atoms with van der Waals surface area (Å²) in [7, 11) is 0. The van der Waals surface area contributed by atoms with Gasteiger partial charge in [0.2, 0.25) is 0 Å². The number of aryl methyl sites for hydroxylation is 3. The van der Waals surface area contributed by atoms with E-state index in [-0.39, 0.29) is 11.8 Å². The minimum Gasteiger partial charge on any atom is -0.317 e. The molecule has 1 aromatic carbocycles. The van der Waals surface area contributed by atoms with Crippen molar-refractivity contribution in [2.45, 2.75) is 40.2 Å². The fourth-order valence-corrected chi connectivity index (χ4v) is 3.57. The molecule has 1 aromatic heterocycles. The van der Waals surface area contributed by atoms with Crippen LogP contribution in [0.3, 0.4) is 0 Å². The summed E-state index contributed by atoms with van der Waals surface area (Å²) in [6.45, 7) is 7.18. The van der Waals surface area contributed by atoms with Gasteiger partial charge < -0.3 is 4.57 Å². The van der Waals surface area contributed by atoms with Crippen molar-refractivity contribution in [3.05, 3.63) is 28.1 Å². The van der Waals surface area contributed by atoms with Gasteiger partial charge in [-0.3, -0.25) is 4.79 Å². The van der Waals surface area contributed by atoms with Crippen molar-refractivity contribution in [1.29, 1.82) is 0 Å². The monoisotopic (exact) mass is 274 g/mol. The van der Waals surface area contributed by atoms with Gasteiger partial charge in [0.1, 0.15) is 0 Å². The Hall–Kier alpha value is -1.42. The molecule has 100 valence electrons. The number of hydrogen-bond acceptors (Lipinski definition) is 2. The van der Waals surface area contributed by atoms with Crippen LogP contribution >= 0.6 is 11.3 Å². The molecule has 1 aliphatic carbocycles. The van der Waals surface area contributed by atoms with Gasteiger partial charge in [-0.05, 0) is 50.8 Å². The number of aromatic nitrogens is 1. The fraction of sp³-hybridized carbons (Fsp3) is 0.467. The smallest absolute Gasteiger partial charge is 0.251 e. The second-order valence-corrected chi connectivity index (χ2v) is 6.26. The molecule has 0 aliphatic heterocycles. The minimum absolute atomic E-state index is 0.0585. The van der Waals surface area contributed by atoms with Crippen LogP contribution in [0.4, 0.5) is 0 Å². The number of carbonyl (C=O) groups excluding carboxylic acids is 1. The minimum atomic E-state index is 0.0585. The molecule has 0 saturated heterocycles. The number of amides is 1. The van der Waals surface area contributed by atoms with Crippen molar-refractivity contribution in [1.82, 2.24) is 4.57 Å². The van der Waals surface area contributed by atoms with Gasteiger partial charge in [0.15, 0.2) is 4.80 Å². The highest BCUT2D eigenvalue weighted by Crippen LogP contribution is 2.30. The van der Waals surface area contributed by atoms with Crippen LogP contribution < -0.4 is 4.80 Å². The molecule has 0 atom stereocenters. The van der Waals surface area contributed by atoms with E-state index in [1.807, 2.05) is 0 Å². The Balaban J connectivity index is 2.24. The second-order valence-electron chi connectivity index (χ2n) is 5.28. The molecule has 3 nitrogen and oxygen atoms in total. The summed E-state index contributed by atoms with van der Waals surface area (Å²) in [5.41, 5.74) is 3.72. The Bertz CT molecular complexity index is 720. The molecule has 1 heterocycles. The Labute approximate surface area is 116 Å². The normalized spacial score (nSPS) is 16.3. The molecule has 3 rings (SSSR count). The number of fused-ring (bicyclic) bond motifs is 1.